The minimum absolute atomic E-state index is 0.0459. The zero-order chi connectivity index (χ0) is 23.9. The predicted octanol–water partition coefficient (Wildman–Crippen LogP) is 4.72. The molecule has 35 heavy (non-hydrogen) atoms. The quantitative estimate of drug-likeness (QED) is 0.419. The van der Waals surface area contributed by atoms with E-state index in [1.807, 2.05) is 42.5 Å². The van der Waals surface area contributed by atoms with Crippen LogP contribution in [-0.4, -0.2) is 42.4 Å². The number of nitrogen functional groups attached to an aromatic ring is 1. The molecule has 4 aromatic rings. The number of nitrogens with zero attached hydrogens (tertiary/aromatic N) is 1. The number of hydrogen-bond acceptors (Lipinski definition) is 5. The first kappa shape index (κ1) is 21.0. The minimum Gasteiger partial charge on any atom is -0.497 e. The summed E-state index contributed by atoms with van der Waals surface area (Å²) >= 11 is 0. The summed E-state index contributed by atoms with van der Waals surface area (Å²) in [6, 6.07) is 20.8. The molecule has 5 heteroatoms. The van der Waals surface area contributed by atoms with Crippen LogP contribution in [0.5, 0.6) is 5.75 Å². The summed E-state index contributed by atoms with van der Waals surface area (Å²) in [5.41, 5.74) is 12.9. The van der Waals surface area contributed by atoms with Gasteiger partial charge in [0.2, 0.25) is 0 Å². The van der Waals surface area contributed by atoms with Gasteiger partial charge in [0.25, 0.3) is 0 Å². The maximum atomic E-state index is 12.6. The summed E-state index contributed by atoms with van der Waals surface area (Å²) < 4.78 is 11.9. The van der Waals surface area contributed by atoms with Crippen molar-refractivity contribution in [3.05, 3.63) is 82.9 Å². The topological polar surface area (TPSA) is 71.9 Å². The second-order valence-corrected chi connectivity index (χ2v) is 10.6. The average Bonchev–Trinajstić information content (AvgIpc) is 3.30. The van der Waals surface area contributed by atoms with Gasteiger partial charge in [0.15, 0.2) is 0 Å². The number of methoxy groups -OCH3 is 1. The largest absolute Gasteiger partial charge is 0.497 e. The molecule has 0 spiro atoms. The maximum Gasteiger partial charge on any atom is 0.137 e. The third kappa shape index (κ3) is 2.71. The van der Waals surface area contributed by atoms with E-state index in [1.54, 1.807) is 7.11 Å². The van der Waals surface area contributed by atoms with Crippen molar-refractivity contribution >= 4 is 16.7 Å². The minimum atomic E-state index is -0.903. The number of benzene rings is 3. The van der Waals surface area contributed by atoms with Crippen molar-refractivity contribution in [1.29, 1.82) is 0 Å². The van der Waals surface area contributed by atoms with Crippen molar-refractivity contribution < 1.29 is 14.3 Å². The van der Waals surface area contributed by atoms with E-state index in [2.05, 4.69) is 30.1 Å². The Morgan fingerprint density at radius 3 is 2.69 bits per heavy atom. The fraction of sp³-hybridized carbons (Fsp3) is 0.333. The fourth-order valence-corrected chi connectivity index (χ4v) is 7.26. The van der Waals surface area contributed by atoms with Crippen molar-refractivity contribution in [2.24, 2.45) is 0 Å². The smallest absolute Gasteiger partial charge is 0.137 e. The van der Waals surface area contributed by atoms with Gasteiger partial charge in [0.05, 0.1) is 12.7 Å². The normalized spacial score (nSPS) is 27.2. The summed E-state index contributed by atoms with van der Waals surface area (Å²) in [7, 11) is 3.85. The van der Waals surface area contributed by atoms with Gasteiger partial charge in [-0.15, -0.1) is 0 Å². The molecule has 0 saturated carbocycles. The Bertz CT molecular complexity index is 1480. The highest BCUT2D eigenvalue weighted by molar-refractivity contribution is 5.95. The molecule has 2 bridgehead atoms. The molecule has 1 aliphatic heterocycles. The molecular formula is C30H30N2O3. The van der Waals surface area contributed by atoms with Crippen LogP contribution >= 0.6 is 0 Å². The zero-order valence-corrected chi connectivity index (χ0v) is 20.2. The van der Waals surface area contributed by atoms with Gasteiger partial charge in [0.1, 0.15) is 17.1 Å². The standard InChI is InChI=1S/C30H30N2O3/c1-32-11-10-29-16-20-12-26-22(15-25(35-26)18-6-4-3-5-7-18)28(31)23(20)17-30(29,33)27(32)13-19-8-9-21(34-2)14-24(19)29/h3-9,12,14-15,27,33H,10-11,13,16-17,31H2,1-2H3/t27-,29-,30-/m1/s1. The molecule has 3 aliphatic rings. The lowest BCUT2D eigenvalue weighted by atomic mass is 9.49. The number of rotatable bonds is 2. The van der Waals surface area contributed by atoms with Crippen molar-refractivity contribution in [2.45, 2.75) is 42.7 Å². The van der Waals surface area contributed by atoms with Crippen molar-refractivity contribution in [3.63, 3.8) is 0 Å². The molecule has 3 atom stereocenters. The van der Waals surface area contributed by atoms with Crippen molar-refractivity contribution in [2.75, 3.05) is 26.4 Å². The van der Waals surface area contributed by atoms with E-state index in [4.69, 9.17) is 14.9 Å². The number of anilines is 1. The van der Waals surface area contributed by atoms with Crippen LogP contribution in [0.25, 0.3) is 22.3 Å². The summed E-state index contributed by atoms with van der Waals surface area (Å²) in [5, 5.41) is 13.5. The fourth-order valence-electron chi connectivity index (χ4n) is 7.26. The highest BCUT2D eigenvalue weighted by Crippen LogP contribution is 2.58. The number of likely N-dealkylation sites (tertiary alicyclic amines) is 1. The van der Waals surface area contributed by atoms with Crippen LogP contribution in [0.3, 0.4) is 0 Å². The molecule has 0 unspecified atom stereocenters. The molecule has 5 nitrogen and oxygen atoms in total. The van der Waals surface area contributed by atoms with E-state index < -0.39 is 5.60 Å². The van der Waals surface area contributed by atoms with Crippen LogP contribution in [0.15, 0.2) is 65.1 Å². The Kier molecular flexibility index (Phi) is 4.28. The molecule has 1 aromatic heterocycles. The Morgan fingerprint density at radius 1 is 1.06 bits per heavy atom. The molecule has 0 amide bonds. The van der Waals surface area contributed by atoms with Gasteiger partial charge in [-0.05, 0) is 79.4 Å². The van der Waals surface area contributed by atoms with E-state index in [-0.39, 0.29) is 11.5 Å². The Labute approximate surface area is 205 Å². The molecule has 1 fully saturated rings. The van der Waals surface area contributed by atoms with Crippen molar-refractivity contribution in [3.8, 4) is 17.1 Å². The molecule has 1 saturated heterocycles. The maximum absolute atomic E-state index is 12.6. The van der Waals surface area contributed by atoms with Gasteiger partial charge >= 0.3 is 0 Å². The van der Waals surface area contributed by atoms with E-state index >= 15 is 0 Å². The molecular weight excluding hydrogens is 436 g/mol. The number of hydrogen-bond donors (Lipinski definition) is 2. The molecule has 2 heterocycles. The summed E-state index contributed by atoms with van der Waals surface area (Å²) in [6.07, 6.45) is 3.00. The van der Waals surface area contributed by atoms with Gasteiger partial charge in [-0.2, -0.15) is 0 Å². The number of likely N-dealkylation sites (N-methyl/N-ethyl adjacent to an activating group) is 1. The SMILES string of the molecule is COc1ccc2c(c1)[C@]13CCN(C)[C@H](C2)[C@]1(O)Cc1c(cc2oc(-c4ccccc4)cc2c1N)C3. The second-order valence-electron chi connectivity index (χ2n) is 10.6. The van der Waals surface area contributed by atoms with Crippen LogP contribution in [0.4, 0.5) is 5.69 Å². The number of piperidine rings is 1. The average molecular weight is 467 g/mol. The highest BCUT2D eigenvalue weighted by Gasteiger charge is 2.64. The predicted molar refractivity (Wildman–Crippen MR) is 138 cm³/mol. The molecule has 0 radical (unpaired) electrons. The monoisotopic (exact) mass is 466 g/mol. The third-order valence-electron chi connectivity index (χ3n) is 9.12. The first-order chi connectivity index (χ1) is 16.9. The Morgan fingerprint density at radius 2 is 1.89 bits per heavy atom. The first-order valence-corrected chi connectivity index (χ1v) is 12.4. The van der Waals surface area contributed by atoms with Crippen LogP contribution in [0.1, 0.15) is 28.7 Å². The molecule has 3 N–H and O–H groups in total. The summed E-state index contributed by atoms with van der Waals surface area (Å²) in [5.74, 6) is 1.66. The lowest BCUT2D eigenvalue weighted by Crippen LogP contribution is -2.73. The van der Waals surface area contributed by atoms with Crippen LogP contribution < -0.4 is 10.5 Å². The van der Waals surface area contributed by atoms with Crippen molar-refractivity contribution in [1.82, 2.24) is 4.90 Å². The summed E-state index contributed by atoms with van der Waals surface area (Å²) in [6.45, 7) is 0.954. The van der Waals surface area contributed by atoms with Gasteiger partial charge in [-0.3, -0.25) is 0 Å². The Balaban J connectivity index is 1.44. The number of fused-ring (bicyclic) bond motifs is 3. The molecule has 7 rings (SSSR count). The highest BCUT2D eigenvalue weighted by atomic mass is 16.5. The van der Waals surface area contributed by atoms with Crippen LogP contribution in [0.2, 0.25) is 0 Å². The number of nitrogens with two attached hydrogens (primary N) is 1. The number of ether oxygens (including phenoxy) is 1. The summed E-state index contributed by atoms with van der Waals surface area (Å²) in [4.78, 5) is 2.34. The van der Waals surface area contributed by atoms with Crippen LogP contribution in [0, 0.1) is 0 Å². The third-order valence-corrected chi connectivity index (χ3v) is 9.12. The second kappa shape index (κ2) is 7.12. The lowest BCUT2D eigenvalue weighted by molar-refractivity contribution is -0.144. The number of furan rings is 1. The van der Waals surface area contributed by atoms with E-state index in [0.717, 1.165) is 65.1 Å². The molecule has 3 aromatic carbocycles. The number of aliphatic hydroxyl groups is 1. The van der Waals surface area contributed by atoms with Gasteiger partial charge in [-0.1, -0.05) is 36.4 Å². The van der Waals surface area contributed by atoms with E-state index in [1.165, 1.54) is 16.7 Å². The van der Waals surface area contributed by atoms with E-state index in [9.17, 15) is 5.11 Å². The van der Waals surface area contributed by atoms with Gasteiger partial charge in [-0.25, -0.2) is 0 Å². The van der Waals surface area contributed by atoms with E-state index in [0.29, 0.717) is 6.42 Å². The van der Waals surface area contributed by atoms with Gasteiger partial charge < -0.3 is 24.9 Å². The molecule has 178 valence electrons. The first-order valence-electron chi connectivity index (χ1n) is 12.4. The Hall–Kier alpha value is -3.28. The van der Waals surface area contributed by atoms with Crippen LogP contribution in [-0.2, 0) is 24.7 Å². The zero-order valence-electron chi connectivity index (χ0n) is 20.2. The lowest BCUT2D eigenvalue weighted by Gasteiger charge is -2.63. The van der Waals surface area contributed by atoms with Gasteiger partial charge in [0, 0.05) is 34.5 Å². The molecule has 2 aliphatic carbocycles.